The van der Waals surface area contributed by atoms with Gasteiger partial charge in [0.1, 0.15) is 5.56 Å². The standard InChI is InChI=1S/C12H16N4O5/c1-15(2)12(19)14-6-5-13-8-3-4-9(11(17)18)10(7-8)16(20)21/h3-4,7,13H,5-6H2,1-2H3,(H,14,19)(H,17,18). The van der Waals surface area contributed by atoms with Crippen molar-refractivity contribution in [2.45, 2.75) is 0 Å². The molecular formula is C12H16N4O5. The third-order valence-corrected chi connectivity index (χ3v) is 2.56. The molecule has 0 aliphatic heterocycles. The summed E-state index contributed by atoms with van der Waals surface area (Å²) in [5, 5.41) is 25.2. The highest BCUT2D eigenvalue weighted by Crippen LogP contribution is 2.23. The van der Waals surface area contributed by atoms with E-state index in [0.717, 1.165) is 6.07 Å². The first-order chi connectivity index (χ1) is 9.82. The Bertz CT molecular complexity index is 559. The van der Waals surface area contributed by atoms with Gasteiger partial charge in [0.15, 0.2) is 0 Å². The zero-order chi connectivity index (χ0) is 16.0. The number of carboxylic acids is 1. The van der Waals surface area contributed by atoms with Crippen molar-refractivity contribution in [3.63, 3.8) is 0 Å². The summed E-state index contributed by atoms with van der Waals surface area (Å²) in [6.07, 6.45) is 0. The topological polar surface area (TPSA) is 125 Å². The SMILES string of the molecule is CN(C)C(=O)NCCNc1ccc(C(=O)O)c([N+](=O)[O-])c1. The Hall–Kier alpha value is -2.84. The zero-order valence-electron chi connectivity index (χ0n) is 11.6. The predicted molar refractivity (Wildman–Crippen MR) is 75.6 cm³/mol. The van der Waals surface area contributed by atoms with Crippen LogP contribution in [-0.2, 0) is 0 Å². The van der Waals surface area contributed by atoms with Gasteiger partial charge in [-0.2, -0.15) is 0 Å². The molecule has 0 bridgehead atoms. The zero-order valence-corrected chi connectivity index (χ0v) is 11.6. The number of rotatable bonds is 6. The first-order valence-electron chi connectivity index (χ1n) is 6.03. The molecule has 0 aliphatic rings. The molecule has 0 aliphatic carbocycles. The normalized spacial score (nSPS) is 9.81. The monoisotopic (exact) mass is 296 g/mol. The second-order valence-electron chi connectivity index (χ2n) is 4.35. The van der Waals surface area contributed by atoms with Crippen molar-refractivity contribution >= 4 is 23.4 Å². The van der Waals surface area contributed by atoms with Gasteiger partial charge in [-0.15, -0.1) is 0 Å². The van der Waals surface area contributed by atoms with Gasteiger partial charge in [-0.1, -0.05) is 0 Å². The summed E-state index contributed by atoms with van der Waals surface area (Å²) in [6.45, 7) is 0.675. The van der Waals surface area contributed by atoms with Crippen molar-refractivity contribution in [1.29, 1.82) is 0 Å². The second kappa shape index (κ2) is 7.08. The molecule has 2 amide bonds. The molecule has 1 aromatic carbocycles. The van der Waals surface area contributed by atoms with Crippen molar-refractivity contribution in [3.05, 3.63) is 33.9 Å². The van der Waals surface area contributed by atoms with Gasteiger partial charge in [-0.3, -0.25) is 10.1 Å². The molecule has 1 rings (SSSR count). The van der Waals surface area contributed by atoms with Crippen LogP contribution in [0.3, 0.4) is 0 Å². The van der Waals surface area contributed by atoms with Crippen LogP contribution in [0.4, 0.5) is 16.2 Å². The number of nitro groups is 1. The van der Waals surface area contributed by atoms with Gasteiger partial charge in [0.2, 0.25) is 0 Å². The van der Waals surface area contributed by atoms with Gasteiger partial charge in [0, 0.05) is 38.9 Å². The van der Waals surface area contributed by atoms with Gasteiger partial charge in [-0.05, 0) is 12.1 Å². The molecule has 0 radical (unpaired) electrons. The first kappa shape index (κ1) is 16.2. The van der Waals surface area contributed by atoms with Crippen molar-refractivity contribution in [2.75, 3.05) is 32.5 Å². The average molecular weight is 296 g/mol. The summed E-state index contributed by atoms with van der Waals surface area (Å²) in [5.41, 5.74) is -0.443. The highest BCUT2D eigenvalue weighted by Gasteiger charge is 2.19. The van der Waals surface area contributed by atoms with E-state index in [1.165, 1.54) is 17.0 Å². The molecule has 0 heterocycles. The third kappa shape index (κ3) is 4.64. The van der Waals surface area contributed by atoms with E-state index in [4.69, 9.17) is 5.11 Å². The lowest BCUT2D eigenvalue weighted by atomic mass is 10.1. The van der Waals surface area contributed by atoms with Crippen molar-refractivity contribution in [2.24, 2.45) is 0 Å². The lowest BCUT2D eigenvalue weighted by molar-refractivity contribution is -0.385. The molecule has 0 saturated carbocycles. The molecule has 0 spiro atoms. The van der Waals surface area contributed by atoms with E-state index in [-0.39, 0.29) is 11.6 Å². The molecule has 0 saturated heterocycles. The molecule has 0 fully saturated rings. The summed E-state index contributed by atoms with van der Waals surface area (Å²) in [6, 6.07) is 3.51. The maximum Gasteiger partial charge on any atom is 0.342 e. The number of hydrogen-bond donors (Lipinski definition) is 3. The van der Waals surface area contributed by atoms with Crippen LogP contribution in [0.15, 0.2) is 18.2 Å². The van der Waals surface area contributed by atoms with Crippen LogP contribution >= 0.6 is 0 Å². The van der Waals surface area contributed by atoms with Gasteiger partial charge < -0.3 is 20.6 Å². The van der Waals surface area contributed by atoms with E-state index in [9.17, 15) is 19.7 Å². The number of nitro benzene ring substituents is 1. The summed E-state index contributed by atoms with van der Waals surface area (Å²) in [5.74, 6) is -1.36. The predicted octanol–water partition coefficient (Wildman–Crippen LogP) is 0.976. The summed E-state index contributed by atoms with van der Waals surface area (Å²) >= 11 is 0. The number of nitrogens with zero attached hydrogens (tertiary/aromatic N) is 2. The van der Waals surface area contributed by atoms with Gasteiger partial charge in [0.25, 0.3) is 5.69 Å². The molecule has 1 aromatic rings. The Labute approximate surface area is 120 Å². The summed E-state index contributed by atoms with van der Waals surface area (Å²) < 4.78 is 0. The van der Waals surface area contributed by atoms with E-state index in [1.807, 2.05) is 0 Å². The number of carbonyl (C=O) groups is 2. The van der Waals surface area contributed by atoms with E-state index in [2.05, 4.69) is 10.6 Å². The Kier molecular flexibility index (Phi) is 5.47. The van der Waals surface area contributed by atoms with Crippen molar-refractivity contribution in [1.82, 2.24) is 10.2 Å². The Morgan fingerprint density at radius 2 is 2.00 bits per heavy atom. The van der Waals surface area contributed by atoms with Gasteiger partial charge in [-0.25, -0.2) is 9.59 Å². The van der Waals surface area contributed by atoms with Crippen LogP contribution in [0.1, 0.15) is 10.4 Å². The summed E-state index contributed by atoms with van der Waals surface area (Å²) in [7, 11) is 3.22. The van der Waals surface area contributed by atoms with Crippen molar-refractivity contribution < 1.29 is 19.6 Å². The minimum Gasteiger partial charge on any atom is -0.477 e. The largest absolute Gasteiger partial charge is 0.477 e. The fraction of sp³-hybridized carbons (Fsp3) is 0.333. The van der Waals surface area contributed by atoms with Crippen LogP contribution < -0.4 is 10.6 Å². The maximum absolute atomic E-state index is 11.2. The number of aromatic carboxylic acids is 1. The Morgan fingerprint density at radius 3 is 2.52 bits per heavy atom. The fourth-order valence-corrected chi connectivity index (χ4v) is 1.51. The van der Waals surface area contributed by atoms with Gasteiger partial charge >= 0.3 is 12.0 Å². The number of hydrogen-bond acceptors (Lipinski definition) is 5. The third-order valence-electron chi connectivity index (χ3n) is 2.56. The summed E-state index contributed by atoms with van der Waals surface area (Å²) in [4.78, 5) is 33.6. The fourth-order valence-electron chi connectivity index (χ4n) is 1.51. The number of nitrogens with one attached hydrogen (secondary N) is 2. The molecular weight excluding hydrogens is 280 g/mol. The quantitative estimate of drug-likeness (QED) is 0.408. The Morgan fingerprint density at radius 1 is 1.33 bits per heavy atom. The second-order valence-corrected chi connectivity index (χ2v) is 4.35. The van der Waals surface area contributed by atoms with Crippen molar-refractivity contribution in [3.8, 4) is 0 Å². The molecule has 0 unspecified atom stereocenters. The molecule has 9 nitrogen and oxygen atoms in total. The molecule has 21 heavy (non-hydrogen) atoms. The van der Waals surface area contributed by atoms with E-state index in [0.29, 0.717) is 18.8 Å². The minimum absolute atomic E-state index is 0.246. The number of urea groups is 1. The van der Waals surface area contributed by atoms with E-state index < -0.39 is 16.6 Å². The molecule has 3 N–H and O–H groups in total. The van der Waals surface area contributed by atoms with Crippen LogP contribution in [0, 0.1) is 10.1 Å². The minimum atomic E-state index is -1.36. The highest BCUT2D eigenvalue weighted by atomic mass is 16.6. The molecule has 114 valence electrons. The number of carboxylic acid groups (broad SMARTS) is 1. The van der Waals surface area contributed by atoms with Crippen LogP contribution in [0.25, 0.3) is 0 Å². The number of benzene rings is 1. The highest BCUT2D eigenvalue weighted by molar-refractivity contribution is 5.93. The van der Waals surface area contributed by atoms with Crippen LogP contribution in [0.2, 0.25) is 0 Å². The first-order valence-corrected chi connectivity index (χ1v) is 6.03. The lowest BCUT2D eigenvalue weighted by Gasteiger charge is -2.12. The van der Waals surface area contributed by atoms with E-state index >= 15 is 0 Å². The maximum atomic E-state index is 11.2. The smallest absolute Gasteiger partial charge is 0.342 e. The number of amides is 2. The molecule has 0 atom stereocenters. The van der Waals surface area contributed by atoms with Crippen LogP contribution in [0.5, 0.6) is 0 Å². The molecule has 9 heteroatoms. The number of carbonyl (C=O) groups excluding carboxylic acids is 1. The van der Waals surface area contributed by atoms with Gasteiger partial charge in [0.05, 0.1) is 4.92 Å². The molecule has 0 aromatic heterocycles. The average Bonchev–Trinajstić information content (AvgIpc) is 2.42. The Balaban J connectivity index is 2.65. The number of anilines is 1. The van der Waals surface area contributed by atoms with E-state index in [1.54, 1.807) is 14.1 Å². The lowest BCUT2D eigenvalue weighted by Crippen LogP contribution is -2.37. The van der Waals surface area contributed by atoms with Crippen LogP contribution in [-0.4, -0.2) is 54.1 Å².